The van der Waals surface area contributed by atoms with Gasteiger partial charge in [-0.2, -0.15) is 0 Å². The number of amides is 1. The van der Waals surface area contributed by atoms with Gasteiger partial charge >= 0.3 is 0 Å². The van der Waals surface area contributed by atoms with Crippen LogP contribution in [-0.4, -0.2) is 19.0 Å². The fourth-order valence-corrected chi connectivity index (χ4v) is 2.46. The van der Waals surface area contributed by atoms with Gasteiger partial charge in [-0.1, -0.05) is 6.92 Å². The molecule has 1 aliphatic carbocycles. The minimum Gasteiger partial charge on any atom is -0.397 e. The number of nitrogens with two attached hydrogens (primary N) is 1. The molecule has 15 heavy (non-hydrogen) atoms. The molecule has 0 bridgehead atoms. The van der Waals surface area contributed by atoms with Crippen molar-refractivity contribution in [3.8, 4) is 0 Å². The van der Waals surface area contributed by atoms with Crippen molar-refractivity contribution in [3.05, 3.63) is 10.9 Å². The SMILES string of the molecule is CNC(=O)c1sc(NC2CC2C)cc1N. The molecule has 1 saturated carbocycles. The van der Waals surface area contributed by atoms with E-state index in [-0.39, 0.29) is 5.91 Å². The van der Waals surface area contributed by atoms with Gasteiger partial charge in [0.1, 0.15) is 4.88 Å². The molecule has 0 spiro atoms. The summed E-state index contributed by atoms with van der Waals surface area (Å²) in [4.78, 5) is 12.0. The van der Waals surface area contributed by atoms with Gasteiger partial charge in [0.05, 0.1) is 10.7 Å². The molecule has 1 aliphatic rings. The highest BCUT2D eigenvalue weighted by molar-refractivity contribution is 7.18. The maximum Gasteiger partial charge on any atom is 0.263 e. The van der Waals surface area contributed by atoms with Crippen LogP contribution >= 0.6 is 11.3 Å². The lowest BCUT2D eigenvalue weighted by atomic mass is 10.4. The van der Waals surface area contributed by atoms with Crippen LogP contribution in [0.1, 0.15) is 23.0 Å². The molecule has 0 aliphatic heterocycles. The summed E-state index contributed by atoms with van der Waals surface area (Å²) in [7, 11) is 1.61. The van der Waals surface area contributed by atoms with E-state index >= 15 is 0 Å². The van der Waals surface area contributed by atoms with E-state index in [9.17, 15) is 4.79 Å². The molecule has 2 atom stereocenters. The smallest absolute Gasteiger partial charge is 0.263 e. The first-order valence-corrected chi connectivity index (χ1v) is 5.81. The molecule has 2 unspecified atom stereocenters. The number of nitrogens with one attached hydrogen (secondary N) is 2. The predicted molar refractivity (Wildman–Crippen MR) is 63.3 cm³/mol. The summed E-state index contributed by atoms with van der Waals surface area (Å²) in [6.45, 7) is 2.20. The van der Waals surface area contributed by atoms with Crippen molar-refractivity contribution in [2.45, 2.75) is 19.4 Å². The number of carbonyl (C=O) groups excluding carboxylic acids is 1. The van der Waals surface area contributed by atoms with Gasteiger partial charge in [0, 0.05) is 13.1 Å². The van der Waals surface area contributed by atoms with Gasteiger partial charge in [0.15, 0.2) is 0 Å². The Kier molecular flexibility index (Phi) is 2.56. The van der Waals surface area contributed by atoms with Gasteiger partial charge in [-0.05, 0) is 18.4 Å². The maximum absolute atomic E-state index is 11.4. The molecular weight excluding hydrogens is 210 g/mol. The average molecular weight is 225 g/mol. The third-order valence-corrected chi connectivity index (χ3v) is 3.71. The van der Waals surface area contributed by atoms with Crippen LogP contribution in [0.3, 0.4) is 0 Å². The molecule has 82 valence electrons. The highest BCUT2D eigenvalue weighted by atomic mass is 32.1. The van der Waals surface area contributed by atoms with Gasteiger partial charge in [-0.25, -0.2) is 0 Å². The Hall–Kier alpha value is -1.23. The average Bonchev–Trinajstić information content (AvgIpc) is 2.74. The number of thiophene rings is 1. The maximum atomic E-state index is 11.4. The second-order valence-corrected chi connectivity index (χ2v) is 4.99. The zero-order valence-corrected chi connectivity index (χ0v) is 9.65. The zero-order valence-electron chi connectivity index (χ0n) is 8.83. The van der Waals surface area contributed by atoms with Crippen molar-refractivity contribution in [3.63, 3.8) is 0 Å². The quantitative estimate of drug-likeness (QED) is 0.730. The Balaban J connectivity index is 2.10. The van der Waals surface area contributed by atoms with E-state index in [1.165, 1.54) is 17.8 Å². The molecule has 2 rings (SSSR count). The van der Waals surface area contributed by atoms with E-state index in [1.807, 2.05) is 6.07 Å². The minimum absolute atomic E-state index is 0.116. The van der Waals surface area contributed by atoms with E-state index in [4.69, 9.17) is 5.73 Å². The number of rotatable bonds is 3. The van der Waals surface area contributed by atoms with Crippen molar-refractivity contribution in [2.24, 2.45) is 5.92 Å². The summed E-state index contributed by atoms with van der Waals surface area (Å²) in [6.07, 6.45) is 1.20. The molecule has 0 saturated heterocycles. The number of hydrogen-bond acceptors (Lipinski definition) is 4. The fraction of sp³-hybridized carbons (Fsp3) is 0.500. The molecule has 0 aromatic carbocycles. The van der Waals surface area contributed by atoms with Crippen molar-refractivity contribution in [1.82, 2.24) is 5.32 Å². The molecule has 1 amide bonds. The molecule has 1 aromatic rings. The highest BCUT2D eigenvalue weighted by Crippen LogP contribution is 2.36. The summed E-state index contributed by atoms with van der Waals surface area (Å²) >= 11 is 1.41. The van der Waals surface area contributed by atoms with Crippen molar-refractivity contribution < 1.29 is 4.79 Å². The molecule has 4 nitrogen and oxygen atoms in total. The van der Waals surface area contributed by atoms with Gasteiger partial charge < -0.3 is 16.4 Å². The van der Waals surface area contributed by atoms with Crippen LogP contribution in [0, 0.1) is 5.92 Å². The fourth-order valence-electron chi connectivity index (χ4n) is 1.47. The Morgan fingerprint density at radius 2 is 2.33 bits per heavy atom. The van der Waals surface area contributed by atoms with E-state index in [2.05, 4.69) is 17.6 Å². The van der Waals surface area contributed by atoms with Crippen LogP contribution in [-0.2, 0) is 0 Å². The van der Waals surface area contributed by atoms with E-state index in [1.54, 1.807) is 7.05 Å². The summed E-state index contributed by atoms with van der Waals surface area (Å²) in [5, 5.41) is 6.93. The normalized spacial score (nSPS) is 23.6. The Labute approximate surface area is 92.9 Å². The van der Waals surface area contributed by atoms with Crippen molar-refractivity contribution >= 4 is 27.9 Å². The second kappa shape index (κ2) is 3.73. The number of nitrogen functional groups attached to an aromatic ring is 1. The van der Waals surface area contributed by atoms with Gasteiger partial charge in [0.25, 0.3) is 5.91 Å². The van der Waals surface area contributed by atoms with E-state index in [0.717, 1.165) is 10.9 Å². The lowest BCUT2D eigenvalue weighted by Crippen LogP contribution is -2.17. The molecule has 1 aromatic heterocycles. The van der Waals surface area contributed by atoms with E-state index in [0.29, 0.717) is 16.6 Å². The zero-order chi connectivity index (χ0) is 11.0. The topological polar surface area (TPSA) is 67.2 Å². The first kappa shape index (κ1) is 10.3. The lowest BCUT2D eigenvalue weighted by Gasteiger charge is -1.99. The second-order valence-electron chi connectivity index (χ2n) is 3.94. The first-order chi connectivity index (χ1) is 7.11. The molecular formula is C10H15N3OS. The third kappa shape index (κ3) is 2.07. The van der Waals surface area contributed by atoms with Crippen LogP contribution in [0.25, 0.3) is 0 Å². The number of anilines is 2. The Morgan fingerprint density at radius 3 is 2.87 bits per heavy atom. The minimum atomic E-state index is -0.116. The van der Waals surface area contributed by atoms with Crippen molar-refractivity contribution in [2.75, 3.05) is 18.1 Å². The van der Waals surface area contributed by atoms with Gasteiger partial charge in [-0.3, -0.25) is 4.79 Å². The summed E-state index contributed by atoms with van der Waals surface area (Å²) < 4.78 is 0. The predicted octanol–water partition coefficient (Wildman–Crippen LogP) is 1.51. The first-order valence-electron chi connectivity index (χ1n) is 4.99. The highest BCUT2D eigenvalue weighted by Gasteiger charge is 2.32. The number of hydrogen-bond donors (Lipinski definition) is 3. The summed E-state index contributed by atoms with van der Waals surface area (Å²) in [5.41, 5.74) is 6.31. The summed E-state index contributed by atoms with van der Waals surface area (Å²) in [6, 6.07) is 2.39. The molecule has 5 heteroatoms. The van der Waals surface area contributed by atoms with Crippen LogP contribution in [0.5, 0.6) is 0 Å². The van der Waals surface area contributed by atoms with E-state index < -0.39 is 0 Å². The van der Waals surface area contributed by atoms with Crippen LogP contribution in [0.15, 0.2) is 6.07 Å². The molecule has 4 N–H and O–H groups in total. The summed E-state index contributed by atoms with van der Waals surface area (Å²) in [5.74, 6) is 0.617. The van der Waals surface area contributed by atoms with Crippen molar-refractivity contribution in [1.29, 1.82) is 0 Å². The number of carbonyl (C=O) groups is 1. The Bertz CT molecular complexity index is 388. The molecule has 0 radical (unpaired) electrons. The molecule has 1 fully saturated rings. The largest absolute Gasteiger partial charge is 0.397 e. The lowest BCUT2D eigenvalue weighted by molar-refractivity contribution is 0.0968. The molecule has 1 heterocycles. The van der Waals surface area contributed by atoms with Crippen LogP contribution in [0.2, 0.25) is 0 Å². The monoisotopic (exact) mass is 225 g/mol. The van der Waals surface area contributed by atoms with Gasteiger partial charge in [0.2, 0.25) is 0 Å². The van der Waals surface area contributed by atoms with Crippen LogP contribution < -0.4 is 16.4 Å². The van der Waals surface area contributed by atoms with Gasteiger partial charge in [-0.15, -0.1) is 11.3 Å². The van der Waals surface area contributed by atoms with Crippen LogP contribution in [0.4, 0.5) is 10.7 Å². The third-order valence-electron chi connectivity index (χ3n) is 2.63. The Morgan fingerprint density at radius 1 is 1.67 bits per heavy atom. The standard InChI is InChI=1S/C10H15N3OS/c1-5-3-7(5)13-8-4-6(11)9(15-8)10(14)12-2/h4-5,7,13H,3,11H2,1-2H3,(H,12,14).